The summed E-state index contributed by atoms with van der Waals surface area (Å²) in [6.45, 7) is 0. The molecule has 1 heterocycles. The molecule has 0 aliphatic carbocycles. The SMILES string of the molecule is ClC(Cl)(Cl)Cl.O=[PH]1Oc2ccccc2-c2ccccc21. The molecule has 2 aromatic rings. The van der Waals surface area contributed by atoms with Gasteiger partial charge in [0.1, 0.15) is 5.75 Å². The maximum Gasteiger partial charge on any atom is 0.266 e. The molecule has 0 fully saturated rings. The smallest absolute Gasteiger partial charge is 0.266 e. The van der Waals surface area contributed by atoms with E-state index in [-0.39, 0.29) is 0 Å². The second kappa shape index (κ2) is 6.60. The van der Waals surface area contributed by atoms with Gasteiger partial charge in [-0.15, -0.1) is 0 Å². The van der Waals surface area contributed by atoms with Crippen molar-refractivity contribution in [2.24, 2.45) is 0 Å². The average Bonchev–Trinajstić information content (AvgIpc) is 2.37. The van der Waals surface area contributed by atoms with E-state index in [0.717, 1.165) is 22.2 Å². The van der Waals surface area contributed by atoms with Gasteiger partial charge >= 0.3 is 0 Å². The molecule has 0 aromatic heterocycles. The molecule has 0 radical (unpaired) electrons. The first-order valence-corrected chi connectivity index (χ1v) is 8.35. The molecule has 20 heavy (non-hydrogen) atoms. The maximum atomic E-state index is 11.8. The van der Waals surface area contributed by atoms with Gasteiger partial charge in [0.05, 0.1) is 5.30 Å². The lowest BCUT2D eigenvalue weighted by Gasteiger charge is -2.19. The van der Waals surface area contributed by atoms with E-state index in [9.17, 15) is 4.57 Å². The number of benzene rings is 2. The number of rotatable bonds is 0. The molecule has 0 spiro atoms. The van der Waals surface area contributed by atoms with Crippen LogP contribution in [0.15, 0.2) is 48.5 Å². The van der Waals surface area contributed by atoms with Crippen molar-refractivity contribution in [1.29, 1.82) is 0 Å². The zero-order valence-corrected chi connectivity index (χ0v) is 14.0. The molecule has 0 amide bonds. The fourth-order valence-electron chi connectivity index (χ4n) is 1.83. The van der Waals surface area contributed by atoms with Crippen molar-refractivity contribution in [2.45, 2.75) is 3.25 Å². The quantitative estimate of drug-likeness (QED) is 0.459. The van der Waals surface area contributed by atoms with Crippen LogP contribution in [0.4, 0.5) is 0 Å². The number of para-hydroxylation sites is 1. The largest absolute Gasteiger partial charge is 0.441 e. The third kappa shape index (κ3) is 4.31. The summed E-state index contributed by atoms with van der Waals surface area (Å²) in [6, 6.07) is 15.4. The van der Waals surface area contributed by atoms with Crippen LogP contribution in [0.5, 0.6) is 5.75 Å². The van der Waals surface area contributed by atoms with Crippen LogP contribution in [-0.2, 0) is 4.57 Å². The first-order valence-electron chi connectivity index (χ1n) is 5.52. The van der Waals surface area contributed by atoms with E-state index in [1.807, 2.05) is 48.5 Å². The Morgan fingerprint density at radius 1 is 0.850 bits per heavy atom. The molecule has 1 aliphatic heterocycles. The minimum atomic E-state index is -2.11. The molecule has 3 rings (SSSR count). The fraction of sp³-hybridized carbons (Fsp3) is 0.0769. The molecule has 7 heteroatoms. The summed E-state index contributed by atoms with van der Waals surface area (Å²) >= 11 is 19.3. The van der Waals surface area contributed by atoms with Gasteiger partial charge in [0.2, 0.25) is 0 Å². The lowest BCUT2D eigenvalue weighted by Crippen LogP contribution is -2.09. The molecular weight excluding hydrogens is 361 g/mol. The number of halogens is 4. The Morgan fingerprint density at radius 3 is 2.00 bits per heavy atom. The minimum absolute atomic E-state index is 0.722. The Bertz CT molecular complexity index is 634. The Balaban J connectivity index is 0.000000257. The van der Waals surface area contributed by atoms with E-state index in [1.165, 1.54) is 0 Å². The van der Waals surface area contributed by atoms with Crippen molar-refractivity contribution in [1.82, 2.24) is 0 Å². The summed E-state index contributed by atoms with van der Waals surface area (Å²) < 4.78 is 15.6. The number of fused-ring (bicyclic) bond motifs is 3. The van der Waals surface area contributed by atoms with Gasteiger partial charge in [-0.1, -0.05) is 82.8 Å². The molecule has 0 bridgehead atoms. The molecule has 1 aliphatic rings. The monoisotopic (exact) mass is 368 g/mol. The minimum Gasteiger partial charge on any atom is -0.441 e. The van der Waals surface area contributed by atoms with Gasteiger partial charge < -0.3 is 4.52 Å². The predicted octanol–water partition coefficient (Wildman–Crippen LogP) is 5.40. The van der Waals surface area contributed by atoms with Crippen molar-refractivity contribution in [2.75, 3.05) is 0 Å². The first kappa shape index (κ1) is 16.0. The fourth-order valence-corrected chi connectivity index (χ4v) is 2.99. The van der Waals surface area contributed by atoms with Gasteiger partial charge in [0, 0.05) is 5.56 Å². The van der Waals surface area contributed by atoms with Crippen LogP contribution >= 0.6 is 54.4 Å². The third-order valence-corrected chi connectivity index (χ3v) is 3.81. The van der Waals surface area contributed by atoms with Gasteiger partial charge in [-0.3, -0.25) is 4.57 Å². The van der Waals surface area contributed by atoms with E-state index in [2.05, 4.69) is 0 Å². The number of alkyl halides is 4. The van der Waals surface area contributed by atoms with Crippen molar-refractivity contribution in [3.63, 3.8) is 0 Å². The highest BCUT2D eigenvalue weighted by Gasteiger charge is 2.20. The first-order chi connectivity index (χ1) is 9.36. The molecule has 1 atom stereocenters. The summed E-state index contributed by atoms with van der Waals surface area (Å²) in [5.74, 6) is 0.722. The lowest BCUT2D eigenvalue weighted by atomic mass is 10.0. The average molecular weight is 370 g/mol. The van der Waals surface area contributed by atoms with Gasteiger partial charge in [-0.25, -0.2) is 0 Å². The van der Waals surface area contributed by atoms with Gasteiger partial charge in [-0.2, -0.15) is 0 Å². The second-order valence-electron chi connectivity index (χ2n) is 3.86. The van der Waals surface area contributed by atoms with Crippen molar-refractivity contribution in [3.05, 3.63) is 48.5 Å². The van der Waals surface area contributed by atoms with Gasteiger partial charge in [0.25, 0.3) is 11.3 Å². The van der Waals surface area contributed by atoms with E-state index in [0.29, 0.717) is 0 Å². The van der Waals surface area contributed by atoms with Crippen molar-refractivity contribution >= 4 is 59.7 Å². The molecule has 2 aromatic carbocycles. The van der Waals surface area contributed by atoms with Crippen molar-refractivity contribution in [3.8, 4) is 16.9 Å². The van der Waals surface area contributed by atoms with Crippen molar-refractivity contribution < 1.29 is 9.09 Å². The van der Waals surface area contributed by atoms with E-state index in [1.54, 1.807) is 0 Å². The second-order valence-corrected chi connectivity index (χ2v) is 8.61. The number of hydrogen-bond acceptors (Lipinski definition) is 2. The summed E-state index contributed by atoms with van der Waals surface area (Å²) in [4.78, 5) is 0. The van der Waals surface area contributed by atoms with E-state index < -0.39 is 11.3 Å². The zero-order valence-electron chi connectivity index (χ0n) is 9.95. The summed E-state index contributed by atoms with van der Waals surface area (Å²) in [6.07, 6.45) is 0. The van der Waals surface area contributed by atoms with Crippen LogP contribution in [0.1, 0.15) is 0 Å². The highest BCUT2D eigenvalue weighted by molar-refractivity contribution is 7.49. The van der Waals surface area contributed by atoms with Crippen LogP contribution < -0.4 is 9.83 Å². The summed E-state index contributed by atoms with van der Waals surface area (Å²) in [5.41, 5.74) is 2.06. The van der Waals surface area contributed by atoms with Crippen LogP contribution in [0.25, 0.3) is 11.1 Å². The molecule has 106 valence electrons. The third-order valence-electron chi connectivity index (χ3n) is 2.53. The van der Waals surface area contributed by atoms with Crippen LogP contribution in [0.3, 0.4) is 0 Å². The molecule has 0 saturated heterocycles. The van der Waals surface area contributed by atoms with Gasteiger partial charge in [0.15, 0.2) is 0 Å². The van der Waals surface area contributed by atoms with Crippen LogP contribution in [0, 0.1) is 0 Å². The topological polar surface area (TPSA) is 26.3 Å². The number of hydrogen-bond donors (Lipinski definition) is 0. The Kier molecular flexibility index (Phi) is 5.28. The molecule has 1 unspecified atom stereocenters. The van der Waals surface area contributed by atoms with Crippen LogP contribution in [0.2, 0.25) is 0 Å². The summed E-state index contributed by atoms with van der Waals surface area (Å²) in [7, 11) is -2.11. The predicted molar refractivity (Wildman–Crippen MR) is 87.3 cm³/mol. The molecule has 0 N–H and O–H groups in total. The van der Waals surface area contributed by atoms with E-state index >= 15 is 0 Å². The Morgan fingerprint density at radius 2 is 1.35 bits per heavy atom. The van der Waals surface area contributed by atoms with E-state index in [4.69, 9.17) is 50.9 Å². The highest BCUT2D eigenvalue weighted by Crippen LogP contribution is 2.41. The van der Waals surface area contributed by atoms with Gasteiger partial charge in [-0.05, 0) is 17.7 Å². The van der Waals surface area contributed by atoms with Crippen LogP contribution in [-0.4, -0.2) is 3.25 Å². The normalized spacial score (nSPS) is 16.1. The standard InChI is InChI=1S/C12H9O2P.CCl4/c13-15-12-8-4-2-6-10(12)9-5-1-3-7-11(9)14-15;2-1(3,4)5/h1-8,15H;. The lowest BCUT2D eigenvalue weighted by molar-refractivity contribution is 0.513. The maximum absolute atomic E-state index is 11.8. The molecule has 2 nitrogen and oxygen atoms in total. The summed E-state index contributed by atoms with van der Waals surface area (Å²) in [5, 5.41) is 0.821. The molecular formula is C13H9Cl4O2P. The molecule has 0 saturated carbocycles. The highest BCUT2D eigenvalue weighted by atomic mass is 35.6. The Hall–Kier alpha value is -0.370. The Labute approximate surface area is 137 Å². The zero-order chi connectivity index (χ0) is 14.8.